The predicted octanol–water partition coefficient (Wildman–Crippen LogP) is 5.02. The Balaban J connectivity index is 2.30. The lowest BCUT2D eigenvalue weighted by Crippen LogP contribution is -2.19. The number of para-hydroxylation sites is 2. The standard InChI is InChI=1S/C16H21NO6P2/c1-3-20-24(18,21-4-2)17-25(19,22-15-11-7-5-8-12-15)23-16-13-9-6-10-14-16/h5-14H,3-4H2,1-2H3,(H,17,18,19). The van der Waals surface area contributed by atoms with E-state index in [2.05, 4.69) is 4.86 Å². The van der Waals surface area contributed by atoms with Gasteiger partial charge in [0.2, 0.25) is 0 Å². The van der Waals surface area contributed by atoms with E-state index in [0.29, 0.717) is 0 Å². The molecule has 0 aliphatic heterocycles. The lowest BCUT2D eigenvalue weighted by molar-refractivity contribution is 0.214. The second-order valence-electron chi connectivity index (χ2n) is 4.74. The third kappa shape index (κ3) is 6.31. The minimum absolute atomic E-state index is 0.0982. The van der Waals surface area contributed by atoms with E-state index in [1.165, 1.54) is 0 Å². The molecule has 2 aromatic rings. The van der Waals surface area contributed by atoms with Crippen LogP contribution in [-0.4, -0.2) is 13.2 Å². The van der Waals surface area contributed by atoms with Crippen LogP contribution in [0.4, 0.5) is 0 Å². The van der Waals surface area contributed by atoms with E-state index in [-0.39, 0.29) is 24.7 Å². The van der Waals surface area contributed by atoms with E-state index in [9.17, 15) is 9.13 Å². The molecule has 136 valence electrons. The molecular weight excluding hydrogens is 364 g/mol. The Hall–Kier alpha value is -1.62. The van der Waals surface area contributed by atoms with Gasteiger partial charge in [-0.2, -0.15) is 0 Å². The van der Waals surface area contributed by atoms with Crippen molar-refractivity contribution in [1.29, 1.82) is 0 Å². The van der Waals surface area contributed by atoms with Gasteiger partial charge in [0.05, 0.1) is 13.2 Å². The van der Waals surface area contributed by atoms with Gasteiger partial charge in [-0.3, -0.25) is 9.05 Å². The first-order valence-electron chi connectivity index (χ1n) is 7.76. The van der Waals surface area contributed by atoms with Crippen molar-refractivity contribution in [2.45, 2.75) is 13.8 Å². The molecule has 0 bridgehead atoms. The monoisotopic (exact) mass is 385 g/mol. The number of nitrogens with one attached hydrogen (secondary N) is 1. The fourth-order valence-electron chi connectivity index (χ4n) is 1.88. The highest BCUT2D eigenvalue weighted by Gasteiger charge is 2.40. The zero-order valence-corrected chi connectivity index (χ0v) is 15.8. The first kappa shape index (κ1) is 19.7. The summed E-state index contributed by atoms with van der Waals surface area (Å²) in [5.41, 5.74) is 0. The molecule has 0 saturated carbocycles. The van der Waals surface area contributed by atoms with E-state index in [1.807, 2.05) is 0 Å². The second kappa shape index (κ2) is 9.18. The quantitative estimate of drug-likeness (QED) is 0.575. The van der Waals surface area contributed by atoms with Gasteiger partial charge in [-0.25, -0.2) is 9.13 Å². The molecule has 0 spiro atoms. The van der Waals surface area contributed by atoms with Crippen LogP contribution in [0, 0.1) is 0 Å². The van der Waals surface area contributed by atoms with Crippen LogP contribution >= 0.6 is 15.5 Å². The summed E-state index contributed by atoms with van der Waals surface area (Å²) in [6.45, 7) is 3.49. The van der Waals surface area contributed by atoms with Gasteiger partial charge in [0.15, 0.2) is 0 Å². The number of hydrogen-bond acceptors (Lipinski definition) is 6. The van der Waals surface area contributed by atoms with Gasteiger partial charge in [-0.15, -0.1) is 4.86 Å². The average molecular weight is 385 g/mol. The highest BCUT2D eigenvalue weighted by Crippen LogP contribution is 2.57. The number of rotatable bonds is 10. The molecule has 0 unspecified atom stereocenters. The summed E-state index contributed by atoms with van der Waals surface area (Å²) in [5, 5.41) is 0. The first-order valence-corrected chi connectivity index (χ1v) is 10.8. The molecule has 2 aromatic carbocycles. The van der Waals surface area contributed by atoms with E-state index < -0.39 is 15.5 Å². The Morgan fingerprint density at radius 3 is 1.48 bits per heavy atom. The highest BCUT2D eigenvalue weighted by molar-refractivity contribution is 7.68. The van der Waals surface area contributed by atoms with E-state index >= 15 is 0 Å². The van der Waals surface area contributed by atoms with Gasteiger partial charge in [0.25, 0.3) is 0 Å². The molecule has 9 heteroatoms. The lowest BCUT2D eigenvalue weighted by atomic mass is 10.3. The SMILES string of the molecule is CCOP(=O)(NP(=O)(Oc1ccccc1)Oc1ccccc1)OCC. The summed E-state index contributed by atoms with van der Waals surface area (Å²) in [5.74, 6) is 0.572. The Morgan fingerprint density at radius 1 is 0.720 bits per heavy atom. The van der Waals surface area contributed by atoms with Crippen LogP contribution in [-0.2, 0) is 18.2 Å². The molecule has 0 aliphatic carbocycles. The maximum atomic E-state index is 13.2. The van der Waals surface area contributed by atoms with Crippen molar-refractivity contribution in [3.8, 4) is 11.5 Å². The maximum Gasteiger partial charge on any atom is 0.522 e. The predicted molar refractivity (Wildman–Crippen MR) is 95.7 cm³/mol. The zero-order chi connectivity index (χ0) is 18.2. The Labute approximate surface area is 147 Å². The minimum Gasteiger partial charge on any atom is -0.404 e. The van der Waals surface area contributed by atoms with Crippen LogP contribution in [0.25, 0.3) is 0 Å². The van der Waals surface area contributed by atoms with Crippen LogP contribution in [0.15, 0.2) is 60.7 Å². The largest absolute Gasteiger partial charge is 0.522 e. The summed E-state index contributed by atoms with van der Waals surface area (Å²) >= 11 is 0. The van der Waals surface area contributed by atoms with Crippen molar-refractivity contribution in [3.63, 3.8) is 0 Å². The van der Waals surface area contributed by atoms with Gasteiger partial charge >= 0.3 is 15.5 Å². The van der Waals surface area contributed by atoms with Crippen LogP contribution < -0.4 is 13.9 Å². The van der Waals surface area contributed by atoms with Crippen molar-refractivity contribution in [1.82, 2.24) is 4.86 Å². The summed E-state index contributed by atoms with van der Waals surface area (Å²) < 4.78 is 47.2. The minimum atomic E-state index is -4.11. The molecule has 1 N–H and O–H groups in total. The molecule has 25 heavy (non-hydrogen) atoms. The molecule has 0 amide bonds. The van der Waals surface area contributed by atoms with Crippen LogP contribution in [0.2, 0.25) is 0 Å². The van der Waals surface area contributed by atoms with E-state index in [1.54, 1.807) is 74.5 Å². The van der Waals surface area contributed by atoms with Crippen molar-refractivity contribution < 1.29 is 27.2 Å². The first-order chi connectivity index (χ1) is 12.0. The number of hydrogen-bond donors (Lipinski definition) is 1. The molecule has 0 radical (unpaired) electrons. The van der Waals surface area contributed by atoms with Gasteiger partial charge in [-0.1, -0.05) is 36.4 Å². The summed E-state index contributed by atoms with van der Waals surface area (Å²) in [6.07, 6.45) is 0. The van der Waals surface area contributed by atoms with Crippen LogP contribution in [0.5, 0.6) is 11.5 Å². The summed E-state index contributed by atoms with van der Waals surface area (Å²) in [6, 6.07) is 16.9. The second-order valence-corrected chi connectivity index (χ2v) is 8.41. The van der Waals surface area contributed by atoms with Gasteiger partial charge in [0, 0.05) is 0 Å². The fourth-order valence-corrected chi connectivity index (χ4v) is 5.46. The Bertz CT molecular complexity index is 685. The van der Waals surface area contributed by atoms with Gasteiger partial charge < -0.3 is 9.05 Å². The zero-order valence-electron chi connectivity index (χ0n) is 14.0. The van der Waals surface area contributed by atoms with Crippen molar-refractivity contribution in [2.24, 2.45) is 0 Å². The molecule has 0 aromatic heterocycles. The third-order valence-electron chi connectivity index (χ3n) is 2.78. The molecule has 0 aliphatic rings. The molecule has 0 heterocycles. The smallest absolute Gasteiger partial charge is 0.404 e. The fraction of sp³-hybridized carbons (Fsp3) is 0.250. The highest BCUT2D eigenvalue weighted by atomic mass is 31.3. The molecule has 2 rings (SSSR count). The third-order valence-corrected chi connectivity index (χ3v) is 6.84. The summed E-state index contributed by atoms with van der Waals surface area (Å²) in [4.78, 5) is 2.33. The van der Waals surface area contributed by atoms with Crippen LogP contribution in [0.1, 0.15) is 13.8 Å². The van der Waals surface area contributed by atoms with Gasteiger partial charge in [-0.05, 0) is 38.1 Å². The van der Waals surface area contributed by atoms with Crippen molar-refractivity contribution >= 4 is 15.5 Å². The van der Waals surface area contributed by atoms with Crippen molar-refractivity contribution in [2.75, 3.05) is 13.2 Å². The Morgan fingerprint density at radius 2 is 1.12 bits per heavy atom. The van der Waals surface area contributed by atoms with E-state index in [4.69, 9.17) is 18.1 Å². The lowest BCUT2D eigenvalue weighted by Gasteiger charge is -2.24. The van der Waals surface area contributed by atoms with Gasteiger partial charge in [0.1, 0.15) is 11.5 Å². The van der Waals surface area contributed by atoms with Crippen LogP contribution in [0.3, 0.4) is 0 Å². The Kier molecular flexibility index (Phi) is 7.24. The van der Waals surface area contributed by atoms with E-state index in [0.717, 1.165) is 0 Å². The molecular formula is C16H21NO6P2. The molecule has 0 saturated heterocycles. The number of benzene rings is 2. The van der Waals surface area contributed by atoms with Crippen molar-refractivity contribution in [3.05, 3.63) is 60.7 Å². The normalized spacial score (nSPS) is 11.9. The average Bonchev–Trinajstić information content (AvgIpc) is 2.56. The topological polar surface area (TPSA) is 83.1 Å². The molecule has 0 atom stereocenters. The summed E-state index contributed by atoms with van der Waals surface area (Å²) in [7, 11) is -7.99. The molecule has 7 nitrogen and oxygen atoms in total. The molecule has 0 fully saturated rings. The maximum absolute atomic E-state index is 13.2.